The van der Waals surface area contributed by atoms with Crippen LogP contribution in [-0.2, 0) is 16.0 Å². The minimum atomic E-state index is -0.580. The van der Waals surface area contributed by atoms with E-state index in [0.717, 1.165) is 5.56 Å². The minimum Gasteiger partial charge on any atom is -0.336 e. The molecule has 1 fully saturated rings. The van der Waals surface area contributed by atoms with Crippen LogP contribution >= 0.6 is 23.8 Å². The molecule has 2 aromatic carbocycles. The van der Waals surface area contributed by atoms with Crippen LogP contribution in [0, 0.1) is 0 Å². The number of thiocarbonyl (C=S) groups is 1. The highest BCUT2D eigenvalue weighted by Crippen LogP contribution is 2.22. The van der Waals surface area contributed by atoms with Crippen molar-refractivity contribution in [1.82, 2.24) is 9.80 Å². The van der Waals surface area contributed by atoms with E-state index in [1.54, 1.807) is 4.90 Å². The number of hydrogen-bond acceptors (Lipinski definition) is 3. The van der Waals surface area contributed by atoms with Crippen molar-refractivity contribution < 1.29 is 9.59 Å². The summed E-state index contributed by atoms with van der Waals surface area (Å²) < 4.78 is 0. The lowest BCUT2D eigenvalue weighted by atomic mass is 10.1. The summed E-state index contributed by atoms with van der Waals surface area (Å²) in [5.41, 5.74) is 1.81. The summed E-state index contributed by atoms with van der Waals surface area (Å²) in [7, 11) is 0. The summed E-state index contributed by atoms with van der Waals surface area (Å²) in [5.74, 6) is -0.325. The Balaban J connectivity index is 1.69. The summed E-state index contributed by atoms with van der Waals surface area (Å²) in [6.07, 6.45) is 0.768. The normalized spacial score (nSPS) is 16.6. The number of anilines is 1. The summed E-state index contributed by atoms with van der Waals surface area (Å²) in [6, 6.07) is 16.2. The number of nitrogens with one attached hydrogen (secondary N) is 1. The summed E-state index contributed by atoms with van der Waals surface area (Å²) in [6.45, 7) is 2.94. The molecule has 2 aromatic rings. The predicted molar refractivity (Wildman–Crippen MR) is 115 cm³/mol. The number of amides is 2. The van der Waals surface area contributed by atoms with Crippen LogP contribution in [0.2, 0.25) is 5.02 Å². The molecule has 146 valence electrons. The Morgan fingerprint density at radius 1 is 1.14 bits per heavy atom. The average Bonchev–Trinajstić information content (AvgIpc) is 2.91. The van der Waals surface area contributed by atoms with Gasteiger partial charge in [0.05, 0.1) is 6.42 Å². The van der Waals surface area contributed by atoms with Gasteiger partial charge in [-0.25, -0.2) is 0 Å². The Morgan fingerprint density at radius 3 is 2.46 bits per heavy atom. The molecule has 1 unspecified atom stereocenters. The highest BCUT2D eigenvalue weighted by molar-refractivity contribution is 7.80. The van der Waals surface area contributed by atoms with Crippen LogP contribution in [0.25, 0.3) is 0 Å². The number of halogens is 1. The third-order valence-corrected chi connectivity index (χ3v) is 5.42. The molecule has 0 spiro atoms. The number of para-hydroxylation sites is 1. The van der Waals surface area contributed by atoms with Gasteiger partial charge in [-0.2, -0.15) is 0 Å². The maximum Gasteiger partial charge on any atom is 0.252 e. The van der Waals surface area contributed by atoms with Crippen LogP contribution in [0.15, 0.2) is 54.6 Å². The van der Waals surface area contributed by atoms with E-state index in [9.17, 15) is 9.59 Å². The fourth-order valence-corrected chi connectivity index (χ4v) is 3.81. The molecule has 3 rings (SSSR count). The molecular formula is C21H22ClN3O2S. The van der Waals surface area contributed by atoms with E-state index in [1.165, 1.54) is 0 Å². The van der Waals surface area contributed by atoms with Crippen LogP contribution in [0.4, 0.5) is 5.69 Å². The Bertz CT molecular complexity index is 858. The van der Waals surface area contributed by atoms with Crippen molar-refractivity contribution in [2.24, 2.45) is 0 Å². The zero-order valence-electron chi connectivity index (χ0n) is 15.6. The quantitative estimate of drug-likeness (QED) is 0.700. The lowest BCUT2D eigenvalue weighted by Gasteiger charge is -2.23. The Labute approximate surface area is 175 Å². The van der Waals surface area contributed by atoms with Gasteiger partial charge in [0.25, 0.3) is 5.91 Å². The van der Waals surface area contributed by atoms with E-state index in [2.05, 4.69) is 5.32 Å². The molecule has 0 aromatic heterocycles. The number of rotatable bonds is 7. The molecule has 28 heavy (non-hydrogen) atoms. The van der Waals surface area contributed by atoms with Crippen molar-refractivity contribution >= 4 is 46.4 Å². The van der Waals surface area contributed by atoms with Gasteiger partial charge in [-0.05, 0) is 55.4 Å². The minimum absolute atomic E-state index is 0.0605. The van der Waals surface area contributed by atoms with Crippen LogP contribution < -0.4 is 5.32 Å². The molecule has 1 aliphatic heterocycles. The zero-order valence-corrected chi connectivity index (χ0v) is 17.2. The molecule has 2 amide bonds. The SMILES string of the molecule is CCN1C(=O)C(CC(=O)Nc2ccccc2)N(CCc2ccc(Cl)cc2)C1=S. The van der Waals surface area contributed by atoms with E-state index in [0.29, 0.717) is 35.3 Å². The standard InChI is InChI=1S/C21H22ClN3O2S/c1-2-24-20(27)18(14-19(26)23-17-6-4-3-5-7-17)25(21(24)28)13-12-15-8-10-16(22)11-9-15/h3-11,18H,2,12-14H2,1H3,(H,23,26). The van der Waals surface area contributed by atoms with Gasteiger partial charge in [-0.1, -0.05) is 41.9 Å². The van der Waals surface area contributed by atoms with E-state index < -0.39 is 6.04 Å². The second-order valence-electron chi connectivity index (χ2n) is 6.57. The van der Waals surface area contributed by atoms with Crippen molar-refractivity contribution in [3.63, 3.8) is 0 Å². The van der Waals surface area contributed by atoms with Gasteiger partial charge in [0.2, 0.25) is 5.91 Å². The van der Waals surface area contributed by atoms with Gasteiger partial charge < -0.3 is 10.2 Å². The highest BCUT2D eigenvalue weighted by atomic mass is 35.5. The Kier molecular flexibility index (Phi) is 6.65. The summed E-state index contributed by atoms with van der Waals surface area (Å²) in [5, 5.41) is 4.01. The molecule has 7 heteroatoms. The molecule has 1 aliphatic rings. The molecule has 1 atom stereocenters. The van der Waals surface area contributed by atoms with Gasteiger partial charge in [0.15, 0.2) is 5.11 Å². The zero-order chi connectivity index (χ0) is 20.1. The average molecular weight is 416 g/mol. The van der Waals surface area contributed by atoms with Gasteiger partial charge >= 0.3 is 0 Å². The first-order chi connectivity index (χ1) is 13.5. The fourth-order valence-electron chi connectivity index (χ4n) is 3.25. The maximum atomic E-state index is 12.8. The van der Waals surface area contributed by atoms with Crippen LogP contribution in [0.5, 0.6) is 0 Å². The fraction of sp³-hybridized carbons (Fsp3) is 0.286. The van der Waals surface area contributed by atoms with Crippen molar-refractivity contribution in [2.45, 2.75) is 25.8 Å². The first-order valence-corrected chi connectivity index (χ1v) is 9.99. The maximum absolute atomic E-state index is 12.8. The highest BCUT2D eigenvalue weighted by Gasteiger charge is 2.42. The van der Waals surface area contributed by atoms with E-state index in [4.69, 9.17) is 23.8 Å². The molecule has 0 aliphatic carbocycles. The van der Waals surface area contributed by atoms with Gasteiger partial charge in [-0.15, -0.1) is 0 Å². The molecule has 1 N–H and O–H groups in total. The topological polar surface area (TPSA) is 52.7 Å². The van der Waals surface area contributed by atoms with Crippen molar-refractivity contribution in [1.29, 1.82) is 0 Å². The predicted octanol–water partition coefficient (Wildman–Crippen LogP) is 3.73. The number of nitrogens with zero attached hydrogens (tertiary/aromatic N) is 2. The number of carbonyl (C=O) groups excluding carboxylic acids is 2. The molecule has 5 nitrogen and oxygen atoms in total. The molecular weight excluding hydrogens is 394 g/mol. The first-order valence-electron chi connectivity index (χ1n) is 9.21. The van der Waals surface area contributed by atoms with Crippen LogP contribution in [-0.4, -0.2) is 45.9 Å². The second kappa shape index (κ2) is 9.17. The van der Waals surface area contributed by atoms with Crippen molar-refractivity contribution in [3.05, 3.63) is 65.2 Å². The van der Waals surface area contributed by atoms with Crippen LogP contribution in [0.3, 0.4) is 0 Å². The molecule has 0 bridgehead atoms. The molecule has 0 saturated carbocycles. The molecule has 0 radical (unpaired) electrons. The largest absolute Gasteiger partial charge is 0.336 e. The summed E-state index contributed by atoms with van der Waals surface area (Å²) in [4.78, 5) is 28.7. The number of hydrogen-bond donors (Lipinski definition) is 1. The number of benzene rings is 2. The van der Waals surface area contributed by atoms with Gasteiger partial charge in [-0.3, -0.25) is 14.5 Å². The molecule has 1 saturated heterocycles. The van der Waals surface area contributed by atoms with Gasteiger partial charge in [0.1, 0.15) is 6.04 Å². The van der Waals surface area contributed by atoms with E-state index >= 15 is 0 Å². The first kappa shape index (κ1) is 20.3. The number of likely N-dealkylation sites (N-methyl/N-ethyl adjacent to an activating group) is 1. The molecule has 1 heterocycles. The number of carbonyl (C=O) groups is 2. The monoisotopic (exact) mass is 415 g/mol. The summed E-state index contributed by atoms with van der Waals surface area (Å²) >= 11 is 11.5. The third kappa shape index (κ3) is 4.69. The lowest BCUT2D eigenvalue weighted by Crippen LogP contribution is -2.39. The van der Waals surface area contributed by atoms with E-state index in [-0.39, 0.29) is 18.2 Å². The Hall–Kier alpha value is -2.44. The second-order valence-corrected chi connectivity index (χ2v) is 7.37. The third-order valence-electron chi connectivity index (χ3n) is 4.71. The van der Waals surface area contributed by atoms with Crippen molar-refractivity contribution in [2.75, 3.05) is 18.4 Å². The van der Waals surface area contributed by atoms with Crippen LogP contribution in [0.1, 0.15) is 18.9 Å². The van der Waals surface area contributed by atoms with Gasteiger partial charge in [0, 0.05) is 23.8 Å². The smallest absolute Gasteiger partial charge is 0.252 e. The lowest BCUT2D eigenvalue weighted by molar-refractivity contribution is -0.130. The van der Waals surface area contributed by atoms with Crippen molar-refractivity contribution in [3.8, 4) is 0 Å². The Morgan fingerprint density at radius 2 is 1.82 bits per heavy atom. The van der Waals surface area contributed by atoms with E-state index in [1.807, 2.05) is 66.4 Å².